The highest BCUT2D eigenvalue weighted by Gasteiger charge is 2.32. The van der Waals surface area contributed by atoms with Gasteiger partial charge in [0, 0.05) is 23.9 Å². The van der Waals surface area contributed by atoms with Gasteiger partial charge in [-0.25, -0.2) is 9.78 Å². The van der Waals surface area contributed by atoms with Gasteiger partial charge in [-0.1, -0.05) is 0 Å². The van der Waals surface area contributed by atoms with Crippen molar-refractivity contribution >= 4 is 17.4 Å². The number of aromatic nitrogens is 1. The van der Waals surface area contributed by atoms with Gasteiger partial charge >= 0.3 is 6.09 Å². The zero-order valence-electron chi connectivity index (χ0n) is 11.5. The Morgan fingerprint density at radius 1 is 1.53 bits per heavy atom. The van der Waals surface area contributed by atoms with E-state index in [1.165, 1.54) is 16.2 Å². The number of rotatable bonds is 2. The normalized spacial score (nSPS) is 24.5. The van der Waals surface area contributed by atoms with Gasteiger partial charge in [-0.15, -0.1) is 11.3 Å². The van der Waals surface area contributed by atoms with E-state index in [0.29, 0.717) is 12.2 Å². The maximum atomic E-state index is 11.2. The van der Waals surface area contributed by atoms with Gasteiger partial charge in [-0.05, 0) is 33.6 Å². The van der Waals surface area contributed by atoms with Crippen molar-refractivity contribution in [3.63, 3.8) is 0 Å². The number of nitrogens with zero attached hydrogens (tertiary/aromatic N) is 2. The molecular formula is C13H20N2O3S. The number of carboxylic acid groups (broad SMARTS) is 1. The molecule has 2 atom stereocenters. The summed E-state index contributed by atoms with van der Waals surface area (Å²) in [5.41, 5.74) is -0.281. The van der Waals surface area contributed by atoms with E-state index in [1.807, 2.05) is 12.3 Å². The molecule has 0 radical (unpaired) electrons. The molecule has 1 aromatic rings. The average molecular weight is 284 g/mol. The Kier molecular flexibility index (Phi) is 3.82. The first-order chi connectivity index (χ1) is 8.79. The van der Waals surface area contributed by atoms with E-state index in [4.69, 9.17) is 0 Å². The number of likely N-dealkylation sites (tertiary alicyclic amines) is 1. The SMILES string of the molecule is CC1CCC(c2nc(C(C)(C)O)cs2)CN1C(=O)O. The van der Waals surface area contributed by atoms with Gasteiger partial charge in [0.15, 0.2) is 0 Å². The first-order valence-corrected chi connectivity index (χ1v) is 7.35. The highest BCUT2D eigenvalue weighted by Crippen LogP contribution is 2.33. The summed E-state index contributed by atoms with van der Waals surface area (Å²) in [5, 5.41) is 21.9. The van der Waals surface area contributed by atoms with E-state index < -0.39 is 11.7 Å². The maximum absolute atomic E-state index is 11.2. The van der Waals surface area contributed by atoms with Gasteiger partial charge in [0.2, 0.25) is 0 Å². The lowest BCUT2D eigenvalue weighted by molar-refractivity contribution is 0.0738. The molecule has 1 saturated heterocycles. The summed E-state index contributed by atoms with van der Waals surface area (Å²) in [5.74, 6) is 0.147. The van der Waals surface area contributed by atoms with Crippen molar-refractivity contribution in [3.05, 3.63) is 16.1 Å². The van der Waals surface area contributed by atoms with Gasteiger partial charge < -0.3 is 15.1 Å². The first-order valence-electron chi connectivity index (χ1n) is 6.47. The Labute approximate surface area is 116 Å². The van der Waals surface area contributed by atoms with Crippen LogP contribution in [0.25, 0.3) is 0 Å². The molecule has 5 nitrogen and oxygen atoms in total. The first kappa shape index (κ1) is 14.3. The second-order valence-electron chi connectivity index (χ2n) is 5.69. The summed E-state index contributed by atoms with van der Waals surface area (Å²) >= 11 is 1.51. The van der Waals surface area contributed by atoms with Crippen LogP contribution in [0.15, 0.2) is 5.38 Å². The molecule has 0 aliphatic carbocycles. The van der Waals surface area contributed by atoms with E-state index in [1.54, 1.807) is 13.8 Å². The highest BCUT2D eigenvalue weighted by molar-refractivity contribution is 7.09. The van der Waals surface area contributed by atoms with Crippen LogP contribution in [-0.4, -0.2) is 38.8 Å². The smallest absolute Gasteiger partial charge is 0.407 e. The summed E-state index contributed by atoms with van der Waals surface area (Å²) in [6.45, 7) is 5.85. The van der Waals surface area contributed by atoms with Crippen molar-refractivity contribution in [2.75, 3.05) is 6.54 Å². The monoisotopic (exact) mass is 284 g/mol. The van der Waals surface area contributed by atoms with Crippen LogP contribution < -0.4 is 0 Å². The Hall–Kier alpha value is -1.14. The van der Waals surface area contributed by atoms with Crippen LogP contribution in [0.3, 0.4) is 0 Å². The predicted octanol–water partition coefficient (Wildman–Crippen LogP) is 2.62. The summed E-state index contributed by atoms with van der Waals surface area (Å²) in [7, 11) is 0. The van der Waals surface area contributed by atoms with Crippen LogP contribution in [0, 0.1) is 0 Å². The maximum Gasteiger partial charge on any atom is 0.407 e. The minimum atomic E-state index is -0.941. The lowest BCUT2D eigenvalue weighted by atomic mass is 9.94. The quantitative estimate of drug-likeness (QED) is 0.875. The zero-order valence-corrected chi connectivity index (χ0v) is 12.3. The molecule has 1 fully saturated rings. The molecule has 1 aliphatic rings. The van der Waals surface area contributed by atoms with Crippen molar-refractivity contribution in [2.45, 2.75) is 51.2 Å². The molecule has 1 aliphatic heterocycles. The molecule has 2 heterocycles. The second-order valence-corrected chi connectivity index (χ2v) is 6.58. The summed E-state index contributed by atoms with van der Waals surface area (Å²) in [4.78, 5) is 17.1. The molecule has 106 valence electrons. The number of amides is 1. The number of piperidine rings is 1. The van der Waals surface area contributed by atoms with Crippen LogP contribution in [-0.2, 0) is 5.60 Å². The third kappa shape index (κ3) is 3.06. The van der Waals surface area contributed by atoms with Crippen LogP contribution in [0.5, 0.6) is 0 Å². The molecule has 0 bridgehead atoms. The fourth-order valence-electron chi connectivity index (χ4n) is 2.33. The van der Waals surface area contributed by atoms with Crippen molar-refractivity contribution in [1.29, 1.82) is 0 Å². The molecule has 0 spiro atoms. The number of hydrogen-bond acceptors (Lipinski definition) is 4. The van der Waals surface area contributed by atoms with Crippen molar-refractivity contribution in [3.8, 4) is 0 Å². The fourth-order valence-corrected chi connectivity index (χ4v) is 3.44. The van der Waals surface area contributed by atoms with Crippen LogP contribution in [0.2, 0.25) is 0 Å². The largest absolute Gasteiger partial charge is 0.465 e. The molecule has 1 amide bonds. The molecule has 2 unspecified atom stereocenters. The Morgan fingerprint density at radius 3 is 2.74 bits per heavy atom. The minimum absolute atomic E-state index is 0.0717. The molecule has 19 heavy (non-hydrogen) atoms. The number of aliphatic hydroxyl groups is 1. The zero-order chi connectivity index (χ0) is 14.2. The molecule has 6 heteroatoms. The van der Waals surface area contributed by atoms with Crippen LogP contribution in [0.4, 0.5) is 4.79 Å². The summed E-state index contributed by atoms with van der Waals surface area (Å²) in [6, 6.07) is 0.0717. The van der Waals surface area contributed by atoms with Gasteiger partial charge in [0.25, 0.3) is 0 Å². The van der Waals surface area contributed by atoms with E-state index in [2.05, 4.69) is 4.98 Å². The number of thiazole rings is 1. The molecule has 0 aromatic carbocycles. The minimum Gasteiger partial charge on any atom is -0.465 e. The molecule has 2 N–H and O–H groups in total. The fraction of sp³-hybridized carbons (Fsp3) is 0.692. The predicted molar refractivity (Wildman–Crippen MR) is 73.5 cm³/mol. The van der Waals surface area contributed by atoms with Crippen molar-refractivity contribution < 1.29 is 15.0 Å². The summed E-state index contributed by atoms with van der Waals surface area (Å²) < 4.78 is 0. The molecule has 1 aromatic heterocycles. The number of carbonyl (C=O) groups is 1. The third-order valence-corrected chi connectivity index (χ3v) is 4.63. The summed E-state index contributed by atoms with van der Waals surface area (Å²) in [6.07, 6.45) is 0.939. The van der Waals surface area contributed by atoms with E-state index in [0.717, 1.165) is 17.8 Å². The average Bonchev–Trinajstić information content (AvgIpc) is 2.78. The third-order valence-electron chi connectivity index (χ3n) is 3.63. The van der Waals surface area contributed by atoms with E-state index >= 15 is 0 Å². The standard InChI is InChI=1S/C13H20N2O3S/c1-8-4-5-9(6-15(8)12(16)17)11-14-10(7-19-11)13(2,3)18/h7-9,18H,4-6H2,1-3H3,(H,16,17). The topological polar surface area (TPSA) is 73.7 Å². The van der Waals surface area contributed by atoms with Gasteiger partial charge in [0.05, 0.1) is 10.7 Å². The molecule has 2 rings (SSSR count). The van der Waals surface area contributed by atoms with E-state index in [-0.39, 0.29) is 12.0 Å². The van der Waals surface area contributed by atoms with E-state index in [9.17, 15) is 15.0 Å². The lowest BCUT2D eigenvalue weighted by Crippen LogP contribution is -2.44. The molecule has 0 saturated carbocycles. The van der Waals surface area contributed by atoms with Crippen molar-refractivity contribution in [2.24, 2.45) is 0 Å². The Morgan fingerprint density at radius 2 is 2.21 bits per heavy atom. The van der Waals surface area contributed by atoms with Gasteiger partial charge in [-0.3, -0.25) is 0 Å². The Balaban J connectivity index is 2.14. The van der Waals surface area contributed by atoms with Crippen molar-refractivity contribution in [1.82, 2.24) is 9.88 Å². The van der Waals surface area contributed by atoms with Crippen LogP contribution >= 0.6 is 11.3 Å². The molecular weight excluding hydrogens is 264 g/mol. The van der Waals surface area contributed by atoms with Crippen LogP contribution in [0.1, 0.15) is 50.2 Å². The van der Waals surface area contributed by atoms with Gasteiger partial charge in [-0.2, -0.15) is 0 Å². The van der Waals surface area contributed by atoms with Gasteiger partial charge in [0.1, 0.15) is 5.60 Å². The lowest BCUT2D eigenvalue weighted by Gasteiger charge is -2.35. The number of hydrogen-bond donors (Lipinski definition) is 2. The second kappa shape index (κ2) is 5.09. The highest BCUT2D eigenvalue weighted by atomic mass is 32.1. The Bertz CT molecular complexity index is 467.